The van der Waals surface area contributed by atoms with Crippen molar-refractivity contribution in [2.45, 2.75) is 13.8 Å². The van der Waals surface area contributed by atoms with Gasteiger partial charge in [-0.25, -0.2) is 4.79 Å². The standard InChI is InChI=1S/C12H15NO4/c1-7-3-4-9(12(15)16)5-10(7)17-6-8(2)11(13)14/h3-5,8H,6H2,1-2H3,(H2,13,14)(H,15,16). The van der Waals surface area contributed by atoms with Crippen LogP contribution in [0.2, 0.25) is 0 Å². The number of carbonyl (C=O) groups excluding carboxylic acids is 1. The van der Waals surface area contributed by atoms with Crippen LogP contribution in [0.4, 0.5) is 0 Å². The smallest absolute Gasteiger partial charge is 0.335 e. The fourth-order valence-corrected chi connectivity index (χ4v) is 1.19. The molecule has 17 heavy (non-hydrogen) atoms. The van der Waals surface area contributed by atoms with Gasteiger partial charge in [0.25, 0.3) is 0 Å². The highest BCUT2D eigenvalue weighted by Gasteiger charge is 2.12. The fraction of sp³-hybridized carbons (Fsp3) is 0.333. The maximum absolute atomic E-state index is 10.8. The number of rotatable bonds is 5. The van der Waals surface area contributed by atoms with Gasteiger partial charge in [-0.3, -0.25) is 4.79 Å². The summed E-state index contributed by atoms with van der Waals surface area (Å²) in [7, 11) is 0. The quantitative estimate of drug-likeness (QED) is 0.805. The summed E-state index contributed by atoms with van der Waals surface area (Å²) in [6.07, 6.45) is 0. The number of carboxylic acid groups (broad SMARTS) is 1. The molecule has 5 nitrogen and oxygen atoms in total. The molecule has 0 bridgehead atoms. The molecule has 0 aromatic heterocycles. The lowest BCUT2D eigenvalue weighted by Gasteiger charge is -2.12. The van der Waals surface area contributed by atoms with Gasteiger partial charge in [-0.2, -0.15) is 0 Å². The summed E-state index contributed by atoms with van der Waals surface area (Å²) >= 11 is 0. The van der Waals surface area contributed by atoms with Gasteiger partial charge in [0.2, 0.25) is 5.91 Å². The Kier molecular flexibility index (Phi) is 4.09. The Morgan fingerprint density at radius 1 is 1.47 bits per heavy atom. The van der Waals surface area contributed by atoms with Gasteiger partial charge in [0.1, 0.15) is 5.75 Å². The predicted molar refractivity (Wildman–Crippen MR) is 62.0 cm³/mol. The minimum absolute atomic E-state index is 0.138. The van der Waals surface area contributed by atoms with Gasteiger partial charge in [0.05, 0.1) is 18.1 Å². The zero-order chi connectivity index (χ0) is 13.0. The van der Waals surface area contributed by atoms with E-state index in [1.54, 1.807) is 19.9 Å². The first-order chi connectivity index (χ1) is 7.91. The van der Waals surface area contributed by atoms with Crippen molar-refractivity contribution in [1.82, 2.24) is 0 Å². The molecular weight excluding hydrogens is 222 g/mol. The van der Waals surface area contributed by atoms with Crippen molar-refractivity contribution in [1.29, 1.82) is 0 Å². The lowest BCUT2D eigenvalue weighted by atomic mass is 10.1. The van der Waals surface area contributed by atoms with E-state index in [0.29, 0.717) is 5.75 Å². The monoisotopic (exact) mass is 237 g/mol. The first-order valence-electron chi connectivity index (χ1n) is 5.18. The second-order valence-electron chi connectivity index (χ2n) is 3.90. The molecule has 0 aliphatic rings. The average molecular weight is 237 g/mol. The lowest BCUT2D eigenvalue weighted by molar-refractivity contribution is -0.122. The van der Waals surface area contributed by atoms with Crippen LogP contribution in [0.15, 0.2) is 18.2 Å². The van der Waals surface area contributed by atoms with Gasteiger partial charge in [0.15, 0.2) is 0 Å². The molecule has 0 aliphatic heterocycles. The lowest BCUT2D eigenvalue weighted by Crippen LogP contribution is -2.25. The molecule has 1 aromatic carbocycles. The average Bonchev–Trinajstić information content (AvgIpc) is 2.26. The van der Waals surface area contributed by atoms with Crippen LogP contribution in [0, 0.1) is 12.8 Å². The molecule has 1 unspecified atom stereocenters. The van der Waals surface area contributed by atoms with Crippen LogP contribution in [0.5, 0.6) is 5.75 Å². The molecule has 0 saturated carbocycles. The molecule has 1 rings (SSSR count). The van der Waals surface area contributed by atoms with Gasteiger partial charge in [-0.1, -0.05) is 13.0 Å². The molecule has 0 spiro atoms. The van der Waals surface area contributed by atoms with E-state index >= 15 is 0 Å². The number of aromatic carboxylic acids is 1. The summed E-state index contributed by atoms with van der Waals surface area (Å²) in [5, 5.41) is 8.84. The molecule has 1 atom stereocenters. The second kappa shape index (κ2) is 5.34. The Morgan fingerprint density at radius 2 is 2.12 bits per heavy atom. The third-order valence-corrected chi connectivity index (χ3v) is 2.41. The fourth-order valence-electron chi connectivity index (χ4n) is 1.19. The molecule has 1 amide bonds. The number of aryl methyl sites for hydroxylation is 1. The Hall–Kier alpha value is -2.04. The van der Waals surface area contributed by atoms with E-state index in [-0.39, 0.29) is 12.2 Å². The number of primary amides is 1. The van der Waals surface area contributed by atoms with E-state index in [2.05, 4.69) is 0 Å². The Balaban J connectivity index is 2.79. The highest BCUT2D eigenvalue weighted by molar-refractivity contribution is 5.88. The third-order valence-electron chi connectivity index (χ3n) is 2.41. The molecule has 92 valence electrons. The first kappa shape index (κ1) is 13.0. The number of carbonyl (C=O) groups is 2. The van der Waals surface area contributed by atoms with Crippen molar-refractivity contribution in [2.24, 2.45) is 11.7 Å². The predicted octanol–water partition coefficient (Wildman–Crippen LogP) is 1.19. The number of amides is 1. The molecule has 5 heteroatoms. The van der Waals surface area contributed by atoms with Crippen molar-refractivity contribution in [3.8, 4) is 5.75 Å². The third kappa shape index (κ3) is 3.48. The van der Waals surface area contributed by atoms with Gasteiger partial charge in [0, 0.05) is 0 Å². The molecule has 3 N–H and O–H groups in total. The zero-order valence-corrected chi connectivity index (χ0v) is 9.77. The summed E-state index contributed by atoms with van der Waals surface area (Å²) in [4.78, 5) is 21.6. The van der Waals surface area contributed by atoms with E-state index in [1.165, 1.54) is 12.1 Å². The Bertz CT molecular complexity index is 442. The van der Waals surface area contributed by atoms with E-state index in [9.17, 15) is 9.59 Å². The van der Waals surface area contributed by atoms with Crippen LogP contribution in [0.3, 0.4) is 0 Å². The van der Waals surface area contributed by atoms with Gasteiger partial charge in [-0.15, -0.1) is 0 Å². The minimum atomic E-state index is -1.02. The Labute approximate surface area is 99.2 Å². The molecule has 0 saturated heterocycles. The number of benzene rings is 1. The summed E-state index contributed by atoms with van der Waals surface area (Å²) in [5.41, 5.74) is 6.07. The van der Waals surface area contributed by atoms with Gasteiger partial charge >= 0.3 is 5.97 Å². The van der Waals surface area contributed by atoms with Crippen molar-refractivity contribution in [3.05, 3.63) is 29.3 Å². The van der Waals surface area contributed by atoms with Crippen molar-refractivity contribution in [3.63, 3.8) is 0 Å². The Morgan fingerprint density at radius 3 is 2.65 bits per heavy atom. The van der Waals surface area contributed by atoms with E-state index < -0.39 is 17.8 Å². The van der Waals surface area contributed by atoms with Crippen molar-refractivity contribution >= 4 is 11.9 Å². The van der Waals surface area contributed by atoms with Crippen LogP contribution in [0.1, 0.15) is 22.8 Å². The van der Waals surface area contributed by atoms with Crippen molar-refractivity contribution in [2.75, 3.05) is 6.61 Å². The molecular formula is C12H15NO4. The summed E-state index contributed by atoms with van der Waals surface area (Å²) < 4.78 is 5.39. The van der Waals surface area contributed by atoms with Crippen molar-refractivity contribution < 1.29 is 19.4 Å². The topological polar surface area (TPSA) is 89.6 Å². The van der Waals surface area contributed by atoms with Gasteiger partial charge < -0.3 is 15.6 Å². The highest BCUT2D eigenvalue weighted by Crippen LogP contribution is 2.20. The van der Waals surface area contributed by atoms with Gasteiger partial charge in [-0.05, 0) is 24.6 Å². The number of hydrogen-bond donors (Lipinski definition) is 2. The SMILES string of the molecule is Cc1ccc(C(=O)O)cc1OCC(C)C(N)=O. The molecule has 0 aliphatic carbocycles. The van der Waals surface area contributed by atoms with Crippen LogP contribution < -0.4 is 10.5 Å². The maximum atomic E-state index is 10.8. The summed E-state index contributed by atoms with van der Waals surface area (Å²) in [6.45, 7) is 3.59. The number of carboxylic acids is 1. The van der Waals surface area contributed by atoms with E-state index in [0.717, 1.165) is 5.56 Å². The molecule has 0 radical (unpaired) electrons. The van der Waals surface area contributed by atoms with Crippen LogP contribution >= 0.6 is 0 Å². The number of nitrogens with two attached hydrogens (primary N) is 1. The molecule has 0 fully saturated rings. The van der Waals surface area contributed by atoms with Crippen LogP contribution in [-0.4, -0.2) is 23.6 Å². The van der Waals surface area contributed by atoms with E-state index in [4.69, 9.17) is 15.6 Å². The number of ether oxygens (including phenoxy) is 1. The minimum Gasteiger partial charge on any atom is -0.492 e. The molecule has 1 aromatic rings. The zero-order valence-electron chi connectivity index (χ0n) is 9.77. The maximum Gasteiger partial charge on any atom is 0.335 e. The van der Waals surface area contributed by atoms with E-state index in [1.807, 2.05) is 0 Å². The summed E-state index contributed by atoms with van der Waals surface area (Å²) in [6, 6.07) is 4.60. The first-order valence-corrected chi connectivity index (χ1v) is 5.18. The second-order valence-corrected chi connectivity index (χ2v) is 3.90. The van der Waals surface area contributed by atoms with Crippen LogP contribution in [-0.2, 0) is 4.79 Å². The molecule has 0 heterocycles. The highest BCUT2D eigenvalue weighted by atomic mass is 16.5. The van der Waals surface area contributed by atoms with Crippen LogP contribution in [0.25, 0.3) is 0 Å². The number of hydrogen-bond acceptors (Lipinski definition) is 3. The normalized spacial score (nSPS) is 11.9. The summed E-state index contributed by atoms with van der Waals surface area (Å²) in [5.74, 6) is -1.42. The largest absolute Gasteiger partial charge is 0.492 e.